The van der Waals surface area contributed by atoms with Gasteiger partial charge in [0.1, 0.15) is 17.3 Å². The Hall–Kier alpha value is -2.20. The van der Waals surface area contributed by atoms with Gasteiger partial charge in [0.2, 0.25) is 0 Å². The topological polar surface area (TPSA) is 50.7 Å². The summed E-state index contributed by atoms with van der Waals surface area (Å²) in [4.78, 5) is 12.6. The molecule has 1 saturated carbocycles. The second kappa shape index (κ2) is 5.54. The van der Waals surface area contributed by atoms with Crippen molar-refractivity contribution in [1.29, 1.82) is 0 Å². The number of pyridine rings is 1. The molecule has 110 valence electrons. The summed E-state index contributed by atoms with van der Waals surface area (Å²) in [5.41, 5.74) is 3.59. The van der Waals surface area contributed by atoms with E-state index in [4.69, 9.17) is 11.6 Å². The molecule has 0 bridgehead atoms. The fourth-order valence-electron chi connectivity index (χ4n) is 2.57. The molecule has 0 saturated heterocycles. The van der Waals surface area contributed by atoms with Crippen LogP contribution in [0.15, 0.2) is 42.9 Å². The summed E-state index contributed by atoms with van der Waals surface area (Å²) in [5.74, 6) is 1.45. The van der Waals surface area contributed by atoms with Crippen molar-refractivity contribution in [3.05, 3.63) is 59.1 Å². The van der Waals surface area contributed by atoms with Gasteiger partial charge in [-0.25, -0.2) is 9.97 Å². The number of aromatic nitrogens is 3. The van der Waals surface area contributed by atoms with E-state index in [0.717, 1.165) is 17.3 Å². The molecule has 0 atom stereocenters. The summed E-state index contributed by atoms with van der Waals surface area (Å²) >= 11 is 5.86. The molecular formula is C17H15ClN4. The van der Waals surface area contributed by atoms with E-state index >= 15 is 0 Å². The number of nitrogens with one attached hydrogen (secondary N) is 1. The lowest BCUT2D eigenvalue weighted by Gasteiger charge is -2.07. The molecule has 5 heteroatoms. The molecule has 4 nitrogen and oxygen atoms in total. The first-order valence-electron chi connectivity index (χ1n) is 7.38. The molecule has 22 heavy (non-hydrogen) atoms. The lowest BCUT2D eigenvalue weighted by Crippen LogP contribution is -2.01. The van der Waals surface area contributed by atoms with Gasteiger partial charge in [0.25, 0.3) is 0 Å². The molecule has 1 aliphatic rings. The number of hydrogen-bond donors (Lipinski definition) is 1. The first-order chi connectivity index (χ1) is 10.8. The number of anilines is 1. The number of nitrogens with zero attached hydrogens (tertiary/aromatic N) is 3. The average Bonchev–Trinajstić information content (AvgIpc) is 3.37. The van der Waals surface area contributed by atoms with Crippen LogP contribution in [0.2, 0.25) is 5.15 Å². The van der Waals surface area contributed by atoms with Gasteiger partial charge in [-0.05, 0) is 48.1 Å². The average molecular weight is 311 g/mol. The lowest BCUT2D eigenvalue weighted by atomic mass is 10.1. The van der Waals surface area contributed by atoms with Gasteiger partial charge in [-0.3, -0.25) is 4.98 Å². The van der Waals surface area contributed by atoms with Gasteiger partial charge in [0.05, 0.1) is 5.52 Å². The predicted molar refractivity (Wildman–Crippen MR) is 88.1 cm³/mol. The van der Waals surface area contributed by atoms with Crippen LogP contribution in [0.3, 0.4) is 0 Å². The standard InChI is InChI=1S/C17H15ClN4/c18-16-7-17(22-10-21-16)20-8-11-1-4-15-13(5-11)6-14(9-19-15)12-2-3-12/h1,4-7,9-10,12H,2-3,8H2,(H,20,21,22). The van der Waals surface area contributed by atoms with Crippen molar-refractivity contribution >= 4 is 28.3 Å². The Morgan fingerprint density at radius 3 is 2.82 bits per heavy atom. The summed E-state index contributed by atoms with van der Waals surface area (Å²) in [5, 5.41) is 4.90. The molecule has 2 heterocycles. The fourth-order valence-corrected chi connectivity index (χ4v) is 2.72. The SMILES string of the molecule is Clc1cc(NCc2ccc3ncc(C4CC4)cc3c2)ncn1. The van der Waals surface area contributed by atoms with Crippen molar-refractivity contribution in [2.75, 3.05) is 5.32 Å². The fraction of sp³-hybridized carbons (Fsp3) is 0.235. The second-order valence-electron chi connectivity index (χ2n) is 5.65. The number of rotatable bonds is 4. The van der Waals surface area contributed by atoms with Gasteiger partial charge in [-0.2, -0.15) is 0 Å². The van der Waals surface area contributed by atoms with E-state index in [1.165, 1.54) is 35.7 Å². The molecule has 0 radical (unpaired) electrons. The molecule has 0 amide bonds. The Morgan fingerprint density at radius 1 is 1.09 bits per heavy atom. The van der Waals surface area contributed by atoms with Gasteiger partial charge >= 0.3 is 0 Å². The minimum absolute atomic E-state index is 0.439. The third-order valence-electron chi connectivity index (χ3n) is 3.92. The summed E-state index contributed by atoms with van der Waals surface area (Å²) in [6, 6.07) is 10.3. The van der Waals surface area contributed by atoms with Gasteiger partial charge in [-0.1, -0.05) is 17.7 Å². The molecule has 2 aromatic heterocycles. The number of hydrogen-bond acceptors (Lipinski definition) is 4. The van der Waals surface area contributed by atoms with Crippen LogP contribution in [0.1, 0.15) is 29.9 Å². The quantitative estimate of drug-likeness (QED) is 0.735. The van der Waals surface area contributed by atoms with Crippen LogP contribution < -0.4 is 5.32 Å². The molecule has 4 rings (SSSR count). The number of halogens is 1. The maximum Gasteiger partial charge on any atom is 0.134 e. The van der Waals surface area contributed by atoms with E-state index in [9.17, 15) is 0 Å². The lowest BCUT2D eigenvalue weighted by molar-refractivity contribution is 1.08. The van der Waals surface area contributed by atoms with Crippen LogP contribution in [0, 0.1) is 0 Å². The third-order valence-corrected chi connectivity index (χ3v) is 4.13. The molecule has 0 aliphatic heterocycles. The number of benzene rings is 1. The normalized spacial score (nSPS) is 14.2. The molecule has 1 aromatic carbocycles. The minimum Gasteiger partial charge on any atom is -0.366 e. The van der Waals surface area contributed by atoms with Crippen molar-refractivity contribution in [2.24, 2.45) is 0 Å². The van der Waals surface area contributed by atoms with Crippen molar-refractivity contribution in [1.82, 2.24) is 15.0 Å². The monoisotopic (exact) mass is 310 g/mol. The highest BCUT2D eigenvalue weighted by Gasteiger charge is 2.23. The molecule has 1 fully saturated rings. The van der Waals surface area contributed by atoms with Gasteiger partial charge in [0.15, 0.2) is 0 Å². The molecular weight excluding hydrogens is 296 g/mol. The summed E-state index contributed by atoms with van der Waals surface area (Å²) in [7, 11) is 0. The van der Waals surface area contributed by atoms with Crippen LogP contribution in [0.25, 0.3) is 10.9 Å². The van der Waals surface area contributed by atoms with Crippen molar-refractivity contribution in [2.45, 2.75) is 25.3 Å². The Bertz CT molecular complexity index is 830. The second-order valence-corrected chi connectivity index (χ2v) is 6.04. The van der Waals surface area contributed by atoms with Crippen LogP contribution in [-0.4, -0.2) is 15.0 Å². The van der Waals surface area contributed by atoms with Gasteiger partial charge < -0.3 is 5.32 Å². The number of fused-ring (bicyclic) bond motifs is 1. The molecule has 1 N–H and O–H groups in total. The van der Waals surface area contributed by atoms with Crippen molar-refractivity contribution in [3.8, 4) is 0 Å². The van der Waals surface area contributed by atoms with Gasteiger partial charge in [0, 0.05) is 24.2 Å². The molecule has 0 unspecified atom stereocenters. The minimum atomic E-state index is 0.439. The first-order valence-corrected chi connectivity index (χ1v) is 7.76. The van der Waals surface area contributed by atoms with E-state index < -0.39 is 0 Å². The Morgan fingerprint density at radius 2 is 2.00 bits per heavy atom. The highest BCUT2D eigenvalue weighted by molar-refractivity contribution is 6.29. The van der Waals surface area contributed by atoms with Crippen LogP contribution in [0.4, 0.5) is 5.82 Å². The van der Waals surface area contributed by atoms with E-state index in [-0.39, 0.29) is 0 Å². The molecule has 0 spiro atoms. The molecule has 1 aliphatic carbocycles. The maximum atomic E-state index is 5.86. The highest BCUT2D eigenvalue weighted by atomic mass is 35.5. The highest BCUT2D eigenvalue weighted by Crippen LogP contribution is 2.40. The van der Waals surface area contributed by atoms with Gasteiger partial charge in [-0.15, -0.1) is 0 Å². The Kier molecular flexibility index (Phi) is 3.39. The van der Waals surface area contributed by atoms with E-state index in [0.29, 0.717) is 11.7 Å². The van der Waals surface area contributed by atoms with Crippen molar-refractivity contribution < 1.29 is 0 Å². The Labute approximate surface area is 133 Å². The zero-order chi connectivity index (χ0) is 14.9. The summed E-state index contributed by atoms with van der Waals surface area (Å²) in [6.45, 7) is 0.691. The maximum absolute atomic E-state index is 5.86. The van der Waals surface area contributed by atoms with Crippen LogP contribution in [-0.2, 0) is 6.54 Å². The van der Waals surface area contributed by atoms with E-state index in [1.54, 1.807) is 6.07 Å². The Balaban J connectivity index is 1.56. The third kappa shape index (κ3) is 2.88. The van der Waals surface area contributed by atoms with E-state index in [1.807, 2.05) is 6.20 Å². The summed E-state index contributed by atoms with van der Waals surface area (Å²) in [6.07, 6.45) is 6.06. The zero-order valence-electron chi connectivity index (χ0n) is 12.0. The first kappa shape index (κ1) is 13.5. The van der Waals surface area contributed by atoms with Crippen molar-refractivity contribution in [3.63, 3.8) is 0 Å². The van der Waals surface area contributed by atoms with Crippen LogP contribution >= 0.6 is 11.6 Å². The largest absolute Gasteiger partial charge is 0.366 e. The zero-order valence-corrected chi connectivity index (χ0v) is 12.7. The van der Waals surface area contributed by atoms with Crippen LogP contribution in [0.5, 0.6) is 0 Å². The summed E-state index contributed by atoms with van der Waals surface area (Å²) < 4.78 is 0. The molecule has 3 aromatic rings. The van der Waals surface area contributed by atoms with E-state index in [2.05, 4.69) is 44.5 Å². The smallest absolute Gasteiger partial charge is 0.134 e. The predicted octanol–water partition coefficient (Wildman–Crippen LogP) is 4.17.